The van der Waals surface area contributed by atoms with Crippen molar-refractivity contribution in [3.05, 3.63) is 16.3 Å². The van der Waals surface area contributed by atoms with E-state index in [9.17, 15) is 0 Å². The summed E-state index contributed by atoms with van der Waals surface area (Å²) < 4.78 is 5.86. The molecule has 2 rings (SSSR count). The van der Waals surface area contributed by atoms with Gasteiger partial charge in [0.1, 0.15) is 0 Å². The van der Waals surface area contributed by atoms with Crippen molar-refractivity contribution < 1.29 is 4.74 Å². The van der Waals surface area contributed by atoms with E-state index in [-0.39, 0.29) is 0 Å². The van der Waals surface area contributed by atoms with E-state index < -0.39 is 0 Å². The van der Waals surface area contributed by atoms with Crippen LogP contribution in [0.25, 0.3) is 0 Å². The van der Waals surface area contributed by atoms with Gasteiger partial charge in [-0.25, -0.2) is 0 Å². The average Bonchev–Trinajstić information content (AvgIpc) is 2.43. The average molecular weight is 284 g/mol. The van der Waals surface area contributed by atoms with Crippen LogP contribution in [0, 0.1) is 13.8 Å². The lowest BCUT2D eigenvalue weighted by Crippen LogP contribution is -2.40. The molecule has 0 spiro atoms. The number of ether oxygens (including phenoxy) is 1. The zero-order chi connectivity index (χ0) is 13.8. The van der Waals surface area contributed by atoms with Crippen LogP contribution in [-0.4, -0.2) is 36.0 Å². The summed E-state index contributed by atoms with van der Waals surface area (Å²) in [4.78, 5) is 2.27. The summed E-state index contributed by atoms with van der Waals surface area (Å²) in [6.45, 7) is 8.94. The van der Waals surface area contributed by atoms with Crippen LogP contribution in [0.1, 0.15) is 37.3 Å². The molecule has 4 nitrogen and oxygen atoms in total. The van der Waals surface area contributed by atoms with Gasteiger partial charge in [-0.15, -0.1) is 10.2 Å². The SMILES string of the molecule is CCCOC1CCCN(c2nnc(Cl)c(C)c2C)C1. The molecule has 1 aromatic heterocycles. The predicted molar refractivity (Wildman–Crippen MR) is 78.0 cm³/mol. The highest BCUT2D eigenvalue weighted by atomic mass is 35.5. The molecule has 0 radical (unpaired) electrons. The first-order chi connectivity index (χ1) is 9.13. The van der Waals surface area contributed by atoms with Crippen molar-refractivity contribution in [3.63, 3.8) is 0 Å². The first-order valence-electron chi connectivity index (χ1n) is 6.99. The summed E-state index contributed by atoms with van der Waals surface area (Å²) in [6, 6.07) is 0. The van der Waals surface area contributed by atoms with Crippen LogP contribution in [-0.2, 0) is 4.74 Å². The normalized spacial score (nSPS) is 19.8. The van der Waals surface area contributed by atoms with Gasteiger partial charge in [-0.3, -0.25) is 0 Å². The number of hydrogen-bond acceptors (Lipinski definition) is 4. The molecular formula is C14H22ClN3O. The fourth-order valence-corrected chi connectivity index (χ4v) is 2.59. The van der Waals surface area contributed by atoms with Gasteiger partial charge in [0.05, 0.1) is 6.10 Å². The molecule has 1 fully saturated rings. The van der Waals surface area contributed by atoms with Crippen LogP contribution in [0.2, 0.25) is 5.15 Å². The number of rotatable bonds is 4. The quantitative estimate of drug-likeness (QED) is 0.851. The molecule has 0 aliphatic carbocycles. The lowest BCUT2D eigenvalue weighted by Gasteiger charge is -2.34. The van der Waals surface area contributed by atoms with Gasteiger partial charge in [0.2, 0.25) is 0 Å². The van der Waals surface area contributed by atoms with E-state index >= 15 is 0 Å². The maximum absolute atomic E-state index is 6.01. The third-order valence-electron chi connectivity index (χ3n) is 3.68. The molecular weight excluding hydrogens is 262 g/mol. The Bertz CT molecular complexity index is 439. The molecule has 5 heteroatoms. The van der Waals surface area contributed by atoms with E-state index in [1.54, 1.807) is 0 Å². The summed E-state index contributed by atoms with van der Waals surface area (Å²) in [5.74, 6) is 0.951. The Morgan fingerprint density at radius 2 is 2.11 bits per heavy atom. The monoisotopic (exact) mass is 283 g/mol. The summed E-state index contributed by atoms with van der Waals surface area (Å²) in [6.07, 6.45) is 3.65. The number of aromatic nitrogens is 2. The van der Waals surface area contributed by atoms with Crippen LogP contribution in [0.4, 0.5) is 5.82 Å². The van der Waals surface area contributed by atoms with Crippen LogP contribution in [0.3, 0.4) is 0 Å². The highest BCUT2D eigenvalue weighted by Crippen LogP contribution is 2.26. The molecule has 0 saturated carbocycles. The van der Waals surface area contributed by atoms with Crippen LogP contribution in [0.5, 0.6) is 0 Å². The van der Waals surface area contributed by atoms with E-state index in [1.807, 2.05) is 6.92 Å². The Morgan fingerprint density at radius 1 is 1.32 bits per heavy atom. The first kappa shape index (κ1) is 14.5. The summed E-state index contributed by atoms with van der Waals surface area (Å²) in [7, 11) is 0. The Hall–Kier alpha value is -0.870. The molecule has 0 aromatic carbocycles. The van der Waals surface area contributed by atoms with Crippen molar-refractivity contribution in [1.82, 2.24) is 10.2 Å². The second-order valence-corrected chi connectivity index (χ2v) is 5.50. The number of anilines is 1. The minimum absolute atomic E-state index is 0.311. The van der Waals surface area contributed by atoms with E-state index in [1.165, 1.54) is 0 Å². The van der Waals surface area contributed by atoms with Gasteiger partial charge >= 0.3 is 0 Å². The smallest absolute Gasteiger partial charge is 0.155 e. The molecule has 0 N–H and O–H groups in total. The molecule has 1 saturated heterocycles. The summed E-state index contributed by atoms with van der Waals surface area (Å²) in [5.41, 5.74) is 2.14. The van der Waals surface area contributed by atoms with Gasteiger partial charge in [-0.05, 0) is 44.2 Å². The van der Waals surface area contributed by atoms with E-state index in [0.29, 0.717) is 11.3 Å². The van der Waals surface area contributed by atoms with Crippen LogP contribution >= 0.6 is 11.6 Å². The van der Waals surface area contributed by atoms with Gasteiger partial charge in [0.25, 0.3) is 0 Å². The standard InChI is InChI=1S/C14H22ClN3O/c1-4-8-19-12-6-5-7-18(9-12)14-11(3)10(2)13(15)16-17-14/h12H,4-9H2,1-3H3. The number of piperidine rings is 1. The van der Waals surface area contributed by atoms with Gasteiger partial charge in [0.15, 0.2) is 11.0 Å². The molecule has 1 aliphatic rings. The largest absolute Gasteiger partial charge is 0.376 e. The van der Waals surface area contributed by atoms with Gasteiger partial charge in [0, 0.05) is 19.7 Å². The van der Waals surface area contributed by atoms with Gasteiger partial charge in [-0.1, -0.05) is 18.5 Å². The van der Waals surface area contributed by atoms with Crippen molar-refractivity contribution in [2.24, 2.45) is 0 Å². The minimum atomic E-state index is 0.311. The molecule has 1 unspecified atom stereocenters. The Morgan fingerprint density at radius 3 is 2.84 bits per heavy atom. The fourth-order valence-electron chi connectivity index (χ4n) is 2.42. The molecule has 1 aromatic rings. The zero-order valence-electron chi connectivity index (χ0n) is 11.9. The highest BCUT2D eigenvalue weighted by molar-refractivity contribution is 6.30. The maximum atomic E-state index is 6.01. The fraction of sp³-hybridized carbons (Fsp3) is 0.714. The van der Waals surface area contributed by atoms with Crippen molar-refractivity contribution in [1.29, 1.82) is 0 Å². The number of hydrogen-bond donors (Lipinski definition) is 0. The molecule has 106 valence electrons. The first-order valence-corrected chi connectivity index (χ1v) is 7.37. The van der Waals surface area contributed by atoms with Gasteiger partial charge < -0.3 is 9.64 Å². The lowest BCUT2D eigenvalue weighted by molar-refractivity contribution is 0.0438. The zero-order valence-corrected chi connectivity index (χ0v) is 12.7. The van der Waals surface area contributed by atoms with E-state index in [4.69, 9.17) is 16.3 Å². The maximum Gasteiger partial charge on any atom is 0.155 e. The summed E-state index contributed by atoms with van der Waals surface area (Å²) >= 11 is 6.01. The molecule has 1 aliphatic heterocycles. The molecule has 0 bridgehead atoms. The second-order valence-electron chi connectivity index (χ2n) is 5.15. The van der Waals surface area contributed by atoms with Crippen LogP contribution in [0.15, 0.2) is 0 Å². The third kappa shape index (κ3) is 3.37. The Balaban J connectivity index is 2.11. The second kappa shape index (κ2) is 6.53. The summed E-state index contributed by atoms with van der Waals surface area (Å²) in [5, 5.41) is 8.80. The van der Waals surface area contributed by atoms with E-state index in [2.05, 4.69) is 28.9 Å². The molecule has 1 atom stereocenters. The van der Waals surface area contributed by atoms with Crippen molar-refractivity contribution in [2.75, 3.05) is 24.6 Å². The van der Waals surface area contributed by atoms with Crippen molar-refractivity contribution in [3.8, 4) is 0 Å². The lowest BCUT2D eigenvalue weighted by atomic mass is 10.1. The molecule has 0 amide bonds. The topological polar surface area (TPSA) is 38.2 Å². The Labute approximate surface area is 120 Å². The van der Waals surface area contributed by atoms with Crippen molar-refractivity contribution in [2.45, 2.75) is 46.1 Å². The Kier molecular flexibility index (Phi) is 4.99. The third-order valence-corrected chi connectivity index (χ3v) is 4.03. The highest BCUT2D eigenvalue weighted by Gasteiger charge is 2.23. The predicted octanol–water partition coefficient (Wildman–Crippen LogP) is 3.14. The van der Waals surface area contributed by atoms with Gasteiger partial charge in [-0.2, -0.15) is 0 Å². The number of nitrogens with zero attached hydrogens (tertiary/aromatic N) is 3. The van der Waals surface area contributed by atoms with Crippen molar-refractivity contribution >= 4 is 17.4 Å². The van der Waals surface area contributed by atoms with Crippen LogP contribution < -0.4 is 4.90 Å². The molecule has 2 heterocycles. The number of halogens is 1. The molecule has 19 heavy (non-hydrogen) atoms. The van der Waals surface area contributed by atoms with E-state index in [0.717, 1.165) is 55.9 Å². The minimum Gasteiger partial charge on any atom is -0.376 e.